The van der Waals surface area contributed by atoms with E-state index in [0.717, 1.165) is 6.07 Å². The molecule has 2 aromatic carbocycles. The van der Waals surface area contributed by atoms with Crippen LogP contribution in [0.25, 0.3) is 11.4 Å². The van der Waals surface area contributed by atoms with Gasteiger partial charge in [0.2, 0.25) is 0 Å². The van der Waals surface area contributed by atoms with E-state index >= 15 is 0 Å². The number of hydrogen-bond donors (Lipinski definition) is 2. The van der Waals surface area contributed by atoms with Crippen molar-refractivity contribution in [2.75, 3.05) is 5.32 Å². The quantitative estimate of drug-likeness (QED) is 0.720. The second kappa shape index (κ2) is 7.04. The molecule has 1 heterocycles. The van der Waals surface area contributed by atoms with Crippen molar-refractivity contribution in [1.82, 2.24) is 9.97 Å². The van der Waals surface area contributed by atoms with Crippen molar-refractivity contribution in [3.63, 3.8) is 0 Å². The molecule has 0 aliphatic rings. The summed E-state index contributed by atoms with van der Waals surface area (Å²) in [5.74, 6) is -0.978. The Labute approximate surface area is 151 Å². The van der Waals surface area contributed by atoms with Gasteiger partial charge in [-0.1, -0.05) is 23.2 Å². The summed E-state index contributed by atoms with van der Waals surface area (Å²) in [4.78, 5) is 31.0. The number of anilines is 1. The van der Waals surface area contributed by atoms with Crippen LogP contribution in [0, 0.1) is 5.82 Å². The summed E-state index contributed by atoms with van der Waals surface area (Å²) in [6.45, 7) is 0. The number of halogens is 3. The number of H-pyrrole nitrogens is 1. The summed E-state index contributed by atoms with van der Waals surface area (Å²) in [7, 11) is 0. The van der Waals surface area contributed by atoms with Gasteiger partial charge in [-0.05, 0) is 42.5 Å². The molecule has 0 saturated heterocycles. The first kappa shape index (κ1) is 17.1. The van der Waals surface area contributed by atoms with Crippen LogP contribution in [-0.2, 0) is 0 Å². The molecule has 0 aliphatic heterocycles. The number of carbonyl (C=O) groups is 1. The molecule has 1 aromatic heterocycles. The van der Waals surface area contributed by atoms with Gasteiger partial charge in [0.05, 0.1) is 5.02 Å². The van der Waals surface area contributed by atoms with Gasteiger partial charge in [0.25, 0.3) is 11.5 Å². The van der Waals surface area contributed by atoms with Crippen LogP contribution >= 0.6 is 23.2 Å². The molecular weight excluding hydrogens is 368 g/mol. The highest BCUT2D eigenvalue weighted by Crippen LogP contribution is 2.20. The second-order valence-electron chi connectivity index (χ2n) is 5.06. The highest BCUT2D eigenvalue weighted by molar-refractivity contribution is 6.31. The molecule has 1 amide bonds. The van der Waals surface area contributed by atoms with Gasteiger partial charge in [-0.3, -0.25) is 9.59 Å². The SMILES string of the molecule is O=C(Nc1ccc(F)c(Cl)c1)c1cnc(-c2ccc(Cl)cc2)[nH]c1=O. The Bertz CT molecular complexity index is 1000. The summed E-state index contributed by atoms with van der Waals surface area (Å²) >= 11 is 11.5. The number of aromatic amines is 1. The zero-order chi connectivity index (χ0) is 18.0. The smallest absolute Gasteiger partial charge is 0.264 e. The molecule has 5 nitrogen and oxygen atoms in total. The van der Waals surface area contributed by atoms with Crippen molar-refractivity contribution in [3.8, 4) is 11.4 Å². The van der Waals surface area contributed by atoms with Crippen LogP contribution in [0.1, 0.15) is 10.4 Å². The minimum absolute atomic E-state index is 0.136. The topological polar surface area (TPSA) is 74.8 Å². The molecule has 3 rings (SSSR count). The Morgan fingerprint density at radius 3 is 2.48 bits per heavy atom. The fourth-order valence-corrected chi connectivity index (χ4v) is 2.39. The molecular formula is C17H10Cl2FN3O2. The van der Waals surface area contributed by atoms with Crippen molar-refractivity contribution < 1.29 is 9.18 Å². The first-order valence-corrected chi connectivity index (χ1v) is 7.81. The van der Waals surface area contributed by atoms with Gasteiger partial charge >= 0.3 is 0 Å². The van der Waals surface area contributed by atoms with Crippen molar-refractivity contribution in [1.29, 1.82) is 0 Å². The number of nitrogens with zero attached hydrogens (tertiary/aromatic N) is 1. The molecule has 0 fully saturated rings. The van der Waals surface area contributed by atoms with Crippen molar-refractivity contribution in [3.05, 3.63) is 80.4 Å². The number of nitrogens with one attached hydrogen (secondary N) is 2. The van der Waals surface area contributed by atoms with Crippen molar-refractivity contribution in [2.45, 2.75) is 0 Å². The van der Waals surface area contributed by atoms with Crippen LogP contribution in [0.4, 0.5) is 10.1 Å². The Kier molecular flexibility index (Phi) is 4.83. The highest BCUT2D eigenvalue weighted by Gasteiger charge is 2.13. The first-order valence-electron chi connectivity index (χ1n) is 7.06. The molecule has 0 unspecified atom stereocenters. The minimum atomic E-state index is -0.681. The predicted octanol–water partition coefficient (Wildman–Crippen LogP) is 4.14. The fourth-order valence-electron chi connectivity index (χ4n) is 2.08. The van der Waals surface area contributed by atoms with Crippen LogP contribution in [-0.4, -0.2) is 15.9 Å². The first-order chi connectivity index (χ1) is 11.9. The van der Waals surface area contributed by atoms with Crippen LogP contribution in [0.2, 0.25) is 10.0 Å². The van der Waals surface area contributed by atoms with Gasteiger partial charge in [-0.25, -0.2) is 9.37 Å². The Balaban J connectivity index is 1.85. The fraction of sp³-hybridized carbons (Fsp3) is 0. The Hall–Kier alpha value is -2.70. The largest absolute Gasteiger partial charge is 0.322 e. The second-order valence-corrected chi connectivity index (χ2v) is 5.91. The van der Waals surface area contributed by atoms with E-state index < -0.39 is 17.3 Å². The van der Waals surface area contributed by atoms with E-state index in [9.17, 15) is 14.0 Å². The Morgan fingerprint density at radius 2 is 1.84 bits per heavy atom. The van der Waals surface area contributed by atoms with E-state index in [2.05, 4.69) is 15.3 Å². The average Bonchev–Trinajstić information content (AvgIpc) is 2.58. The molecule has 0 spiro atoms. The van der Waals surface area contributed by atoms with Crippen LogP contribution in [0.15, 0.2) is 53.5 Å². The number of hydrogen-bond acceptors (Lipinski definition) is 3. The zero-order valence-corrected chi connectivity index (χ0v) is 14.0. The van der Waals surface area contributed by atoms with Gasteiger partial charge in [-0.15, -0.1) is 0 Å². The van der Waals surface area contributed by atoms with Gasteiger partial charge in [-0.2, -0.15) is 0 Å². The average molecular weight is 378 g/mol. The zero-order valence-electron chi connectivity index (χ0n) is 12.5. The summed E-state index contributed by atoms with van der Waals surface area (Å²) in [6, 6.07) is 10.4. The van der Waals surface area contributed by atoms with E-state index in [4.69, 9.17) is 23.2 Å². The van der Waals surface area contributed by atoms with Crippen LogP contribution in [0.5, 0.6) is 0 Å². The maximum Gasteiger partial charge on any atom is 0.264 e. The molecule has 0 saturated carbocycles. The van der Waals surface area contributed by atoms with Crippen LogP contribution < -0.4 is 10.9 Å². The molecule has 8 heteroatoms. The lowest BCUT2D eigenvalue weighted by atomic mass is 10.2. The maximum absolute atomic E-state index is 13.1. The molecule has 25 heavy (non-hydrogen) atoms. The lowest BCUT2D eigenvalue weighted by Gasteiger charge is -2.06. The van der Waals surface area contributed by atoms with E-state index in [1.54, 1.807) is 24.3 Å². The molecule has 0 aliphatic carbocycles. The molecule has 0 radical (unpaired) electrons. The normalized spacial score (nSPS) is 10.5. The third-order valence-corrected chi connectivity index (χ3v) is 3.88. The lowest BCUT2D eigenvalue weighted by molar-refractivity contribution is 0.102. The molecule has 2 N–H and O–H groups in total. The predicted molar refractivity (Wildman–Crippen MR) is 94.7 cm³/mol. The van der Waals surface area contributed by atoms with E-state index in [1.165, 1.54) is 18.3 Å². The molecule has 0 atom stereocenters. The van der Waals surface area contributed by atoms with E-state index in [1.807, 2.05) is 0 Å². The van der Waals surface area contributed by atoms with Gasteiger partial charge in [0.1, 0.15) is 17.2 Å². The van der Waals surface area contributed by atoms with Crippen molar-refractivity contribution >= 4 is 34.8 Å². The summed E-state index contributed by atoms with van der Waals surface area (Å²) in [5.41, 5.74) is 0.125. The number of aromatic nitrogens is 2. The monoisotopic (exact) mass is 377 g/mol. The number of amides is 1. The van der Waals surface area contributed by atoms with Gasteiger partial charge in [0, 0.05) is 22.5 Å². The molecule has 3 aromatic rings. The summed E-state index contributed by atoms with van der Waals surface area (Å²) in [6.07, 6.45) is 1.17. The van der Waals surface area contributed by atoms with Crippen LogP contribution in [0.3, 0.4) is 0 Å². The summed E-state index contributed by atoms with van der Waals surface area (Å²) in [5, 5.41) is 2.89. The number of benzene rings is 2. The molecule has 0 bridgehead atoms. The maximum atomic E-state index is 13.1. The number of carbonyl (C=O) groups excluding carboxylic acids is 1. The number of rotatable bonds is 3. The molecule has 126 valence electrons. The van der Waals surface area contributed by atoms with Gasteiger partial charge in [0.15, 0.2) is 0 Å². The van der Waals surface area contributed by atoms with Crippen molar-refractivity contribution in [2.24, 2.45) is 0 Å². The third kappa shape index (κ3) is 3.87. The van der Waals surface area contributed by atoms with E-state index in [0.29, 0.717) is 16.4 Å². The summed E-state index contributed by atoms with van der Waals surface area (Å²) < 4.78 is 13.1. The lowest BCUT2D eigenvalue weighted by Crippen LogP contribution is -2.24. The highest BCUT2D eigenvalue weighted by atomic mass is 35.5. The van der Waals surface area contributed by atoms with E-state index in [-0.39, 0.29) is 16.3 Å². The standard InChI is InChI=1S/C17H10Cl2FN3O2/c18-10-3-1-9(2-4-10)15-21-8-12(17(25)23-15)16(24)22-11-5-6-14(20)13(19)7-11/h1-8H,(H,22,24)(H,21,23,25). The minimum Gasteiger partial charge on any atom is -0.322 e. The third-order valence-electron chi connectivity index (χ3n) is 3.34. The Morgan fingerprint density at radius 1 is 1.12 bits per heavy atom. The van der Waals surface area contributed by atoms with Gasteiger partial charge < -0.3 is 10.3 Å².